The van der Waals surface area contributed by atoms with Crippen molar-refractivity contribution in [2.45, 2.75) is 83.7 Å². The minimum absolute atomic E-state index is 0.109. The zero-order chi connectivity index (χ0) is 22.3. The van der Waals surface area contributed by atoms with Crippen molar-refractivity contribution in [3.8, 4) is 0 Å². The number of ether oxygens (including phenoxy) is 1. The summed E-state index contributed by atoms with van der Waals surface area (Å²) in [6, 6.07) is 0. The van der Waals surface area contributed by atoms with Crippen LogP contribution in [0.3, 0.4) is 0 Å². The van der Waals surface area contributed by atoms with Gasteiger partial charge in [-0.25, -0.2) is 0 Å². The Morgan fingerprint density at radius 2 is 1.69 bits per heavy atom. The van der Waals surface area contributed by atoms with E-state index in [1.54, 1.807) is 0 Å². The zero-order valence-electron chi connectivity index (χ0n) is 19.8. The molecule has 5 heteroatoms. The summed E-state index contributed by atoms with van der Waals surface area (Å²) in [5.41, 5.74) is 0. The van der Waals surface area contributed by atoms with Crippen LogP contribution in [0.25, 0.3) is 0 Å². The molecule has 0 aromatic carbocycles. The van der Waals surface area contributed by atoms with Crippen LogP contribution in [0.2, 0.25) is 0 Å². The topological polar surface area (TPSA) is 66.4 Å². The van der Waals surface area contributed by atoms with Crippen molar-refractivity contribution < 1.29 is 28.0 Å². The summed E-state index contributed by atoms with van der Waals surface area (Å²) in [7, 11) is 2.92. The Labute approximate surface area is 164 Å². The molecule has 0 N–H and O–H groups in total. The number of hydrogen-bond acceptors (Lipinski definition) is 4. The summed E-state index contributed by atoms with van der Waals surface area (Å²) in [4.78, 5) is 23.0. The normalized spacial score (nSPS) is 15.3. The SMILES string of the molecule is [2H]C([2H])([2H])[N+](C)(C)C[C@@H](CC(=O)[O-])OC(=O)CCCCCCC/C=C/CCCC. The van der Waals surface area contributed by atoms with Crippen molar-refractivity contribution in [2.24, 2.45) is 0 Å². The fraction of sp³-hybridized carbons (Fsp3) is 0.810. The molecule has 0 aromatic heterocycles. The molecule has 0 rings (SSSR count). The molecule has 0 amide bonds. The van der Waals surface area contributed by atoms with Crippen LogP contribution >= 0.6 is 0 Å². The van der Waals surface area contributed by atoms with Gasteiger partial charge in [-0.15, -0.1) is 0 Å². The van der Waals surface area contributed by atoms with Gasteiger partial charge in [0.25, 0.3) is 0 Å². The van der Waals surface area contributed by atoms with Crippen LogP contribution in [0.1, 0.15) is 81.7 Å². The van der Waals surface area contributed by atoms with Crippen LogP contribution in [0.15, 0.2) is 12.2 Å². The number of hydrogen-bond donors (Lipinski definition) is 0. The largest absolute Gasteiger partial charge is 0.550 e. The van der Waals surface area contributed by atoms with Gasteiger partial charge in [0, 0.05) is 18.8 Å². The van der Waals surface area contributed by atoms with E-state index in [0.29, 0.717) is 6.42 Å². The van der Waals surface area contributed by atoms with Crippen LogP contribution in [0.4, 0.5) is 0 Å². The van der Waals surface area contributed by atoms with E-state index in [-0.39, 0.29) is 13.0 Å². The molecule has 1 atom stereocenters. The van der Waals surface area contributed by atoms with Gasteiger partial charge in [-0.2, -0.15) is 0 Å². The fourth-order valence-electron chi connectivity index (χ4n) is 2.70. The van der Waals surface area contributed by atoms with Gasteiger partial charge >= 0.3 is 5.97 Å². The van der Waals surface area contributed by atoms with E-state index in [9.17, 15) is 14.7 Å². The lowest BCUT2D eigenvalue weighted by Gasteiger charge is -2.29. The quantitative estimate of drug-likeness (QED) is 0.181. The van der Waals surface area contributed by atoms with Gasteiger partial charge < -0.3 is 19.1 Å². The van der Waals surface area contributed by atoms with Gasteiger partial charge in [0.05, 0.1) is 25.2 Å². The monoisotopic (exact) mass is 372 g/mol. The van der Waals surface area contributed by atoms with Gasteiger partial charge in [-0.1, -0.05) is 51.2 Å². The molecule has 0 aliphatic heterocycles. The van der Waals surface area contributed by atoms with E-state index >= 15 is 0 Å². The number of allylic oxidation sites excluding steroid dienone is 2. The van der Waals surface area contributed by atoms with Gasteiger partial charge in [0.1, 0.15) is 6.54 Å². The van der Waals surface area contributed by atoms with Gasteiger partial charge in [-0.05, 0) is 25.7 Å². The van der Waals surface area contributed by atoms with Crippen molar-refractivity contribution in [3.05, 3.63) is 12.2 Å². The van der Waals surface area contributed by atoms with Crippen LogP contribution in [-0.2, 0) is 14.3 Å². The van der Waals surface area contributed by atoms with Crippen LogP contribution in [0.5, 0.6) is 0 Å². The number of carbonyl (C=O) groups is 2. The standard InChI is InChI=1S/C21H39NO4/c1-5-6-7-8-9-10-11-12-13-14-15-16-21(25)26-19(17-20(23)24)18-22(2,3)4/h8-9,19H,5-7,10-18H2,1-4H3/b9-8+/t19-/m1/s1/i2D3. The average Bonchev–Trinajstić information content (AvgIpc) is 2.57. The molecule has 0 aromatic rings. The first-order chi connectivity index (χ1) is 13.5. The molecule has 0 heterocycles. The van der Waals surface area contributed by atoms with E-state index < -0.39 is 35.9 Å². The van der Waals surface area contributed by atoms with Crippen LogP contribution in [-0.4, -0.2) is 50.1 Å². The molecule has 0 spiro atoms. The zero-order valence-corrected chi connectivity index (χ0v) is 16.8. The van der Waals surface area contributed by atoms with Crippen LogP contribution < -0.4 is 5.11 Å². The summed E-state index contributed by atoms with van der Waals surface area (Å²) >= 11 is 0. The second-order valence-electron chi connectivity index (χ2n) is 7.48. The third-order valence-corrected chi connectivity index (χ3v) is 4.00. The maximum atomic E-state index is 12.0. The number of likely N-dealkylation sites (N-methyl/N-ethyl adjacent to an activating group) is 1. The number of aliphatic carboxylic acids is 1. The highest BCUT2D eigenvalue weighted by molar-refractivity contribution is 5.70. The Bertz CT molecular complexity index is 505. The molecule has 0 unspecified atom stereocenters. The van der Waals surface area contributed by atoms with Gasteiger partial charge in [-0.3, -0.25) is 4.79 Å². The number of quaternary nitrogens is 1. The smallest absolute Gasteiger partial charge is 0.306 e. The summed E-state index contributed by atoms with van der Waals surface area (Å²) in [6.45, 7) is -0.256. The predicted molar refractivity (Wildman–Crippen MR) is 103 cm³/mol. The van der Waals surface area contributed by atoms with Crippen molar-refractivity contribution in [3.63, 3.8) is 0 Å². The third kappa shape index (κ3) is 17.5. The lowest BCUT2D eigenvalue weighted by Crippen LogP contribution is -2.45. The van der Waals surface area contributed by atoms with Crippen LogP contribution in [0, 0.1) is 0 Å². The number of carbonyl (C=O) groups excluding carboxylic acids is 2. The number of rotatable bonds is 16. The van der Waals surface area contributed by atoms with Crippen molar-refractivity contribution >= 4 is 11.9 Å². The minimum atomic E-state index is -2.33. The number of carboxylic acids is 1. The summed E-state index contributed by atoms with van der Waals surface area (Å²) in [5, 5.41) is 10.9. The molecule has 0 bridgehead atoms. The maximum absolute atomic E-state index is 12.0. The Balaban J connectivity index is 4.11. The Hall–Kier alpha value is -1.36. The molecule has 26 heavy (non-hydrogen) atoms. The second-order valence-corrected chi connectivity index (χ2v) is 7.48. The Kier molecular flexibility index (Phi) is 11.0. The highest BCUT2D eigenvalue weighted by Crippen LogP contribution is 2.11. The molecule has 152 valence electrons. The number of esters is 1. The molecule has 0 radical (unpaired) electrons. The predicted octanol–water partition coefficient (Wildman–Crippen LogP) is 3.22. The molecule has 0 aliphatic rings. The first kappa shape index (κ1) is 19.4. The minimum Gasteiger partial charge on any atom is -0.550 e. The first-order valence-corrected chi connectivity index (χ1v) is 9.87. The van der Waals surface area contributed by atoms with Crippen molar-refractivity contribution in [1.82, 2.24) is 0 Å². The van der Waals surface area contributed by atoms with E-state index in [0.717, 1.165) is 38.5 Å². The number of nitrogens with zero attached hydrogens (tertiary/aromatic N) is 1. The fourth-order valence-corrected chi connectivity index (χ4v) is 2.70. The summed E-state index contributed by atoms with van der Waals surface area (Å²) in [6.07, 6.45) is 12.8. The molecular weight excluding hydrogens is 330 g/mol. The Morgan fingerprint density at radius 1 is 1.08 bits per heavy atom. The Morgan fingerprint density at radius 3 is 2.31 bits per heavy atom. The average molecular weight is 373 g/mol. The molecule has 5 nitrogen and oxygen atoms in total. The molecule has 0 aliphatic carbocycles. The van der Waals surface area contributed by atoms with E-state index in [4.69, 9.17) is 8.85 Å². The van der Waals surface area contributed by atoms with E-state index in [2.05, 4.69) is 19.1 Å². The summed E-state index contributed by atoms with van der Waals surface area (Å²) in [5.74, 6) is -1.85. The second kappa shape index (κ2) is 14.8. The van der Waals surface area contributed by atoms with E-state index in [1.807, 2.05) is 0 Å². The number of unbranched alkanes of at least 4 members (excludes halogenated alkanes) is 7. The maximum Gasteiger partial charge on any atom is 0.306 e. The highest BCUT2D eigenvalue weighted by atomic mass is 16.5. The van der Waals surface area contributed by atoms with Crippen molar-refractivity contribution in [1.29, 1.82) is 0 Å². The summed E-state index contributed by atoms with van der Waals surface area (Å²) < 4.78 is 27.4. The highest BCUT2D eigenvalue weighted by Gasteiger charge is 2.22. The number of carboxylic acid groups (broad SMARTS) is 1. The van der Waals surface area contributed by atoms with Crippen molar-refractivity contribution in [2.75, 3.05) is 27.6 Å². The van der Waals surface area contributed by atoms with Gasteiger partial charge in [0.2, 0.25) is 0 Å². The molecule has 0 fully saturated rings. The third-order valence-electron chi connectivity index (χ3n) is 4.00. The van der Waals surface area contributed by atoms with E-state index in [1.165, 1.54) is 26.9 Å². The molecular formula is C21H39NO4. The molecule has 0 saturated heterocycles. The molecule has 0 saturated carbocycles. The lowest BCUT2D eigenvalue weighted by molar-refractivity contribution is -0.873. The first-order valence-electron chi connectivity index (χ1n) is 11.4. The van der Waals surface area contributed by atoms with Gasteiger partial charge in [0.15, 0.2) is 6.10 Å². The lowest BCUT2D eigenvalue weighted by atomic mass is 10.1.